The van der Waals surface area contributed by atoms with Crippen LogP contribution in [0.2, 0.25) is 0 Å². The Kier molecular flexibility index (Phi) is 3.80. The van der Waals surface area contributed by atoms with E-state index in [2.05, 4.69) is 17.1 Å². The number of aromatic nitrogens is 1. The predicted molar refractivity (Wildman–Crippen MR) is 85.1 cm³/mol. The number of para-hydroxylation sites is 1. The third-order valence-corrected chi connectivity index (χ3v) is 5.36. The Morgan fingerprint density at radius 2 is 1.62 bits per heavy atom. The van der Waals surface area contributed by atoms with Crippen molar-refractivity contribution in [1.82, 2.24) is 4.98 Å². The van der Waals surface area contributed by atoms with Crippen LogP contribution in [0.1, 0.15) is 12.1 Å². The largest absolute Gasteiger partial charge is 0.358 e. The highest BCUT2D eigenvalue weighted by molar-refractivity contribution is 7.91. The molecule has 1 aromatic heterocycles. The molecule has 0 radical (unpaired) electrons. The van der Waals surface area contributed by atoms with E-state index in [0.717, 1.165) is 17.6 Å². The zero-order valence-electron chi connectivity index (χ0n) is 11.6. The van der Waals surface area contributed by atoms with Crippen LogP contribution in [-0.2, 0) is 16.3 Å². The molecular formula is C17H17NO2S. The summed E-state index contributed by atoms with van der Waals surface area (Å²) in [5.74, 6) is 0.173. The molecule has 0 unspecified atom stereocenters. The minimum Gasteiger partial charge on any atom is -0.358 e. The summed E-state index contributed by atoms with van der Waals surface area (Å²) in [7, 11) is -3.17. The number of hydrogen-bond donors (Lipinski definition) is 1. The minimum absolute atomic E-state index is 0.173. The second-order valence-corrected chi connectivity index (χ2v) is 7.23. The van der Waals surface area contributed by atoms with E-state index in [1.165, 1.54) is 5.39 Å². The summed E-state index contributed by atoms with van der Waals surface area (Å²) >= 11 is 0. The van der Waals surface area contributed by atoms with Gasteiger partial charge in [-0.2, -0.15) is 0 Å². The summed E-state index contributed by atoms with van der Waals surface area (Å²) in [6, 6.07) is 18.8. The summed E-state index contributed by atoms with van der Waals surface area (Å²) < 4.78 is 24.4. The van der Waals surface area contributed by atoms with Gasteiger partial charge in [0.15, 0.2) is 9.84 Å². The van der Waals surface area contributed by atoms with Gasteiger partial charge in [-0.05, 0) is 42.5 Å². The first-order valence-corrected chi connectivity index (χ1v) is 8.65. The fraction of sp³-hybridized carbons (Fsp3) is 0.176. The standard InChI is InChI=1S/C17H17NO2S/c19-21(20,16-9-2-1-3-10-16)12-6-8-15-13-14-7-4-5-11-17(14)18-15/h1-5,7,9-11,13,18H,6,8,12H2. The molecule has 0 amide bonds. The molecule has 0 bridgehead atoms. The van der Waals surface area contributed by atoms with Crippen LogP contribution in [0.25, 0.3) is 10.9 Å². The Bertz CT molecular complexity index is 802. The molecule has 108 valence electrons. The number of nitrogens with one attached hydrogen (secondary N) is 1. The Hall–Kier alpha value is -2.07. The lowest BCUT2D eigenvalue weighted by atomic mass is 10.2. The SMILES string of the molecule is O=S(=O)(CCCc1cc2ccccc2[nH]1)c1ccccc1. The van der Waals surface area contributed by atoms with Crippen molar-refractivity contribution in [2.24, 2.45) is 0 Å². The van der Waals surface area contributed by atoms with E-state index in [4.69, 9.17) is 0 Å². The Labute approximate surface area is 124 Å². The number of H-pyrrole nitrogens is 1. The summed E-state index contributed by atoms with van der Waals surface area (Å²) in [4.78, 5) is 3.73. The average Bonchev–Trinajstić information content (AvgIpc) is 2.90. The van der Waals surface area contributed by atoms with E-state index >= 15 is 0 Å². The number of rotatable bonds is 5. The molecule has 3 aromatic rings. The molecule has 0 aliphatic rings. The third kappa shape index (κ3) is 3.16. The number of hydrogen-bond acceptors (Lipinski definition) is 2. The molecule has 1 heterocycles. The van der Waals surface area contributed by atoms with Crippen LogP contribution >= 0.6 is 0 Å². The van der Waals surface area contributed by atoms with Crippen molar-refractivity contribution in [2.45, 2.75) is 17.7 Å². The topological polar surface area (TPSA) is 49.9 Å². The summed E-state index contributed by atoms with van der Waals surface area (Å²) in [6.45, 7) is 0. The van der Waals surface area contributed by atoms with Crippen molar-refractivity contribution in [2.75, 3.05) is 5.75 Å². The van der Waals surface area contributed by atoms with E-state index in [1.807, 2.05) is 24.3 Å². The van der Waals surface area contributed by atoms with Gasteiger partial charge in [-0.15, -0.1) is 0 Å². The van der Waals surface area contributed by atoms with Gasteiger partial charge in [0.05, 0.1) is 10.6 Å². The van der Waals surface area contributed by atoms with Crippen LogP contribution in [0.4, 0.5) is 0 Å². The van der Waals surface area contributed by atoms with Crippen molar-refractivity contribution < 1.29 is 8.42 Å². The highest BCUT2D eigenvalue weighted by atomic mass is 32.2. The molecule has 3 nitrogen and oxygen atoms in total. The van der Waals surface area contributed by atoms with Gasteiger partial charge in [0.2, 0.25) is 0 Å². The lowest BCUT2D eigenvalue weighted by Crippen LogP contribution is -2.07. The maximum atomic E-state index is 12.2. The van der Waals surface area contributed by atoms with E-state index in [-0.39, 0.29) is 5.75 Å². The summed E-state index contributed by atoms with van der Waals surface area (Å²) in [5, 5.41) is 1.17. The molecule has 0 saturated heterocycles. The number of aryl methyl sites for hydroxylation is 1. The van der Waals surface area contributed by atoms with Gasteiger partial charge >= 0.3 is 0 Å². The minimum atomic E-state index is -3.17. The first-order chi connectivity index (χ1) is 10.1. The smallest absolute Gasteiger partial charge is 0.178 e. The van der Waals surface area contributed by atoms with Crippen molar-refractivity contribution in [1.29, 1.82) is 0 Å². The summed E-state index contributed by atoms with van der Waals surface area (Å²) in [6.07, 6.45) is 1.35. The van der Waals surface area contributed by atoms with Crippen molar-refractivity contribution in [3.63, 3.8) is 0 Å². The first kappa shape index (κ1) is 13.9. The van der Waals surface area contributed by atoms with E-state index in [1.54, 1.807) is 24.3 Å². The number of benzene rings is 2. The van der Waals surface area contributed by atoms with E-state index in [9.17, 15) is 8.42 Å². The Morgan fingerprint density at radius 1 is 0.905 bits per heavy atom. The van der Waals surface area contributed by atoms with Crippen LogP contribution < -0.4 is 0 Å². The zero-order chi connectivity index (χ0) is 14.7. The number of sulfone groups is 1. The molecule has 0 saturated carbocycles. The zero-order valence-corrected chi connectivity index (χ0v) is 12.4. The molecule has 0 spiro atoms. The van der Waals surface area contributed by atoms with Crippen LogP contribution in [-0.4, -0.2) is 19.2 Å². The van der Waals surface area contributed by atoms with Gasteiger partial charge in [-0.3, -0.25) is 0 Å². The monoisotopic (exact) mass is 299 g/mol. The Morgan fingerprint density at radius 3 is 2.38 bits per heavy atom. The molecule has 21 heavy (non-hydrogen) atoms. The molecule has 0 atom stereocenters. The van der Waals surface area contributed by atoms with E-state index < -0.39 is 9.84 Å². The van der Waals surface area contributed by atoms with Gasteiger partial charge in [0.25, 0.3) is 0 Å². The molecule has 3 rings (SSSR count). The highest BCUT2D eigenvalue weighted by Crippen LogP contribution is 2.17. The van der Waals surface area contributed by atoms with Gasteiger partial charge in [-0.1, -0.05) is 36.4 Å². The van der Waals surface area contributed by atoms with Crippen LogP contribution in [0, 0.1) is 0 Å². The molecule has 0 fully saturated rings. The second-order valence-electron chi connectivity index (χ2n) is 5.12. The molecule has 0 aliphatic heterocycles. The van der Waals surface area contributed by atoms with Gasteiger partial charge in [0, 0.05) is 11.2 Å². The second kappa shape index (κ2) is 5.74. The normalized spacial score (nSPS) is 11.8. The first-order valence-electron chi connectivity index (χ1n) is 7.00. The number of fused-ring (bicyclic) bond motifs is 1. The lowest BCUT2D eigenvalue weighted by Gasteiger charge is -2.03. The maximum Gasteiger partial charge on any atom is 0.178 e. The van der Waals surface area contributed by atoms with Gasteiger partial charge in [0.1, 0.15) is 0 Å². The average molecular weight is 299 g/mol. The highest BCUT2D eigenvalue weighted by Gasteiger charge is 2.13. The fourth-order valence-corrected chi connectivity index (χ4v) is 3.80. The van der Waals surface area contributed by atoms with Crippen LogP contribution in [0.5, 0.6) is 0 Å². The Balaban J connectivity index is 1.66. The number of aromatic amines is 1. The third-order valence-electron chi connectivity index (χ3n) is 3.55. The van der Waals surface area contributed by atoms with Crippen molar-refractivity contribution in [3.8, 4) is 0 Å². The van der Waals surface area contributed by atoms with Gasteiger partial charge in [-0.25, -0.2) is 8.42 Å². The quantitative estimate of drug-likeness (QED) is 0.783. The fourth-order valence-electron chi connectivity index (χ4n) is 2.47. The molecule has 1 N–H and O–H groups in total. The molecular weight excluding hydrogens is 282 g/mol. The lowest BCUT2D eigenvalue weighted by molar-refractivity contribution is 0.593. The van der Waals surface area contributed by atoms with Crippen LogP contribution in [0.15, 0.2) is 65.6 Å². The molecule has 0 aliphatic carbocycles. The maximum absolute atomic E-state index is 12.2. The predicted octanol–water partition coefficient (Wildman–Crippen LogP) is 3.57. The summed E-state index contributed by atoms with van der Waals surface area (Å²) in [5.41, 5.74) is 2.18. The molecule has 4 heteroatoms. The van der Waals surface area contributed by atoms with Crippen LogP contribution in [0.3, 0.4) is 0 Å². The van der Waals surface area contributed by atoms with Crippen molar-refractivity contribution in [3.05, 3.63) is 66.4 Å². The van der Waals surface area contributed by atoms with E-state index in [0.29, 0.717) is 11.3 Å². The molecule has 2 aromatic carbocycles. The van der Waals surface area contributed by atoms with Gasteiger partial charge < -0.3 is 4.98 Å². The van der Waals surface area contributed by atoms with Crippen molar-refractivity contribution >= 4 is 20.7 Å².